The molecule has 0 saturated carbocycles. The number of carbonyl (C=O) groups excluding carboxylic acids is 1. The third kappa shape index (κ3) is 5.80. The van der Waals surface area contributed by atoms with E-state index in [0.29, 0.717) is 17.2 Å². The minimum absolute atomic E-state index is 0.192. The van der Waals surface area contributed by atoms with Gasteiger partial charge in [0.15, 0.2) is 0 Å². The van der Waals surface area contributed by atoms with Crippen molar-refractivity contribution in [3.63, 3.8) is 0 Å². The molecule has 2 aromatic rings. The zero-order valence-electron chi connectivity index (χ0n) is 17.9. The van der Waals surface area contributed by atoms with Crippen LogP contribution in [-0.4, -0.2) is 65.5 Å². The highest BCUT2D eigenvalue weighted by atomic mass is 32.2. The summed E-state index contributed by atoms with van der Waals surface area (Å²) in [6, 6.07) is 6.44. The standard InChI is InChI=1S/C21H27N5O4S/c1-5-16-14-23-19(15-22-16)24-17-6-8-18(9-7-17)31(28,29)26-12-10-25(11-13-26)20(27)30-21(2,3)4/h5-9,14-15H,1,10-13H2,2-4H3,(H,23,24). The number of hydrogen-bond acceptors (Lipinski definition) is 7. The zero-order chi connectivity index (χ0) is 22.6. The molecule has 166 valence electrons. The maximum atomic E-state index is 13.0. The number of carbonyl (C=O) groups is 1. The minimum atomic E-state index is -3.66. The number of amides is 1. The van der Waals surface area contributed by atoms with Gasteiger partial charge in [0.25, 0.3) is 0 Å². The quantitative estimate of drug-likeness (QED) is 0.754. The van der Waals surface area contributed by atoms with E-state index in [0.717, 1.165) is 0 Å². The average Bonchev–Trinajstić information content (AvgIpc) is 2.73. The molecule has 0 bridgehead atoms. The third-order valence-electron chi connectivity index (χ3n) is 4.54. The van der Waals surface area contributed by atoms with E-state index in [-0.39, 0.29) is 31.1 Å². The third-order valence-corrected chi connectivity index (χ3v) is 6.45. The van der Waals surface area contributed by atoms with Crippen molar-refractivity contribution in [1.82, 2.24) is 19.2 Å². The second-order valence-corrected chi connectivity index (χ2v) is 9.99. The van der Waals surface area contributed by atoms with E-state index < -0.39 is 21.7 Å². The first-order valence-corrected chi connectivity index (χ1v) is 11.3. The van der Waals surface area contributed by atoms with Gasteiger partial charge in [0.05, 0.1) is 23.0 Å². The first kappa shape index (κ1) is 22.7. The molecule has 1 fully saturated rings. The molecular formula is C21H27N5O4S. The van der Waals surface area contributed by atoms with Crippen LogP contribution in [0.25, 0.3) is 6.08 Å². The fourth-order valence-electron chi connectivity index (χ4n) is 2.95. The summed E-state index contributed by atoms with van der Waals surface area (Å²) in [5, 5.41) is 3.08. The highest BCUT2D eigenvalue weighted by Gasteiger charge is 2.31. The van der Waals surface area contributed by atoms with Crippen molar-refractivity contribution in [2.45, 2.75) is 31.3 Å². The van der Waals surface area contributed by atoms with E-state index in [1.807, 2.05) is 0 Å². The topological polar surface area (TPSA) is 105 Å². The Labute approximate surface area is 182 Å². The first-order valence-electron chi connectivity index (χ1n) is 9.88. The van der Waals surface area contributed by atoms with Gasteiger partial charge in [0, 0.05) is 31.9 Å². The largest absolute Gasteiger partial charge is 0.444 e. The van der Waals surface area contributed by atoms with Gasteiger partial charge in [-0.2, -0.15) is 4.31 Å². The van der Waals surface area contributed by atoms with E-state index in [1.54, 1.807) is 63.5 Å². The lowest BCUT2D eigenvalue weighted by Crippen LogP contribution is -2.51. The Morgan fingerprint density at radius 3 is 2.26 bits per heavy atom. The van der Waals surface area contributed by atoms with Gasteiger partial charge in [-0.1, -0.05) is 6.58 Å². The number of aromatic nitrogens is 2. The van der Waals surface area contributed by atoms with Crippen molar-refractivity contribution in [1.29, 1.82) is 0 Å². The molecule has 3 rings (SSSR count). The molecule has 1 N–H and O–H groups in total. The number of hydrogen-bond donors (Lipinski definition) is 1. The molecule has 0 radical (unpaired) electrons. The van der Waals surface area contributed by atoms with Crippen LogP contribution in [0.4, 0.5) is 16.3 Å². The molecule has 1 aromatic carbocycles. The summed E-state index contributed by atoms with van der Waals surface area (Å²) in [6.45, 7) is 10.0. The number of nitrogens with one attached hydrogen (secondary N) is 1. The maximum Gasteiger partial charge on any atom is 0.410 e. The number of ether oxygens (including phenoxy) is 1. The fraction of sp³-hybridized carbons (Fsp3) is 0.381. The summed E-state index contributed by atoms with van der Waals surface area (Å²) in [6.07, 6.45) is 4.34. The second kappa shape index (κ2) is 9.03. The number of piperazine rings is 1. The predicted molar refractivity (Wildman–Crippen MR) is 118 cm³/mol. The second-order valence-electron chi connectivity index (χ2n) is 8.05. The summed E-state index contributed by atoms with van der Waals surface area (Å²) < 4.78 is 32.7. The van der Waals surface area contributed by atoms with E-state index >= 15 is 0 Å². The summed E-state index contributed by atoms with van der Waals surface area (Å²) >= 11 is 0. The highest BCUT2D eigenvalue weighted by Crippen LogP contribution is 2.22. The van der Waals surface area contributed by atoms with Crippen molar-refractivity contribution in [2.75, 3.05) is 31.5 Å². The monoisotopic (exact) mass is 445 g/mol. The van der Waals surface area contributed by atoms with Crippen LogP contribution in [0, 0.1) is 0 Å². The van der Waals surface area contributed by atoms with Gasteiger partial charge >= 0.3 is 6.09 Å². The van der Waals surface area contributed by atoms with E-state index in [2.05, 4.69) is 21.9 Å². The van der Waals surface area contributed by atoms with Gasteiger partial charge in [-0.15, -0.1) is 0 Å². The van der Waals surface area contributed by atoms with Crippen molar-refractivity contribution in [3.05, 3.63) is 48.9 Å². The Bertz CT molecular complexity index is 1020. The molecule has 1 aliphatic rings. The van der Waals surface area contributed by atoms with Crippen molar-refractivity contribution < 1.29 is 17.9 Å². The summed E-state index contributed by atoms with van der Waals surface area (Å²) in [7, 11) is -3.66. The Hall–Kier alpha value is -2.98. The molecule has 1 aromatic heterocycles. The van der Waals surface area contributed by atoms with Crippen LogP contribution in [-0.2, 0) is 14.8 Å². The first-order chi connectivity index (χ1) is 14.6. The van der Waals surface area contributed by atoms with E-state index in [9.17, 15) is 13.2 Å². The Morgan fingerprint density at radius 2 is 1.74 bits per heavy atom. The Balaban J connectivity index is 1.61. The molecule has 0 spiro atoms. The predicted octanol–water partition coefficient (Wildman–Crippen LogP) is 3.10. The van der Waals surface area contributed by atoms with Crippen molar-refractivity contribution in [3.8, 4) is 0 Å². The van der Waals surface area contributed by atoms with Crippen LogP contribution in [0.5, 0.6) is 0 Å². The number of rotatable bonds is 5. The molecule has 10 heteroatoms. The summed E-state index contributed by atoms with van der Waals surface area (Å²) in [4.78, 5) is 22.3. The van der Waals surface area contributed by atoms with Crippen molar-refractivity contribution >= 4 is 33.7 Å². The lowest BCUT2D eigenvalue weighted by Gasteiger charge is -2.35. The zero-order valence-corrected chi connectivity index (χ0v) is 18.7. The van der Waals surface area contributed by atoms with Crippen LogP contribution < -0.4 is 5.32 Å². The lowest BCUT2D eigenvalue weighted by atomic mass is 10.2. The van der Waals surface area contributed by atoms with Crippen LogP contribution >= 0.6 is 0 Å². The van der Waals surface area contributed by atoms with Gasteiger partial charge in [-0.3, -0.25) is 4.98 Å². The molecule has 0 unspecified atom stereocenters. The molecule has 9 nitrogen and oxygen atoms in total. The summed E-state index contributed by atoms with van der Waals surface area (Å²) in [5.41, 5.74) is 0.767. The van der Waals surface area contributed by atoms with E-state index in [1.165, 1.54) is 9.21 Å². The number of nitrogens with zero attached hydrogens (tertiary/aromatic N) is 4. The molecule has 0 aliphatic carbocycles. The molecule has 1 saturated heterocycles. The SMILES string of the molecule is C=Cc1cnc(Nc2ccc(S(=O)(=O)N3CCN(C(=O)OC(C)(C)C)CC3)cc2)cn1. The smallest absolute Gasteiger partial charge is 0.410 e. The Morgan fingerprint density at radius 1 is 1.10 bits per heavy atom. The van der Waals surface area contributed by atoms with Crippen LogP contribution in [0.15, 0.2) is 48.1 Å². The van der Waals surface area contributed by atoms with Gasteiger partial charge in [0.1, 0.15) is 11.4 Å². The van der Waals surface area contributed by atoms with Crippen LogP contribution in [0.3, 0.4) is 0 Å². The van der Waals surface area contributed by atoms with Crippen LogP contribution in [0.1, 0.15) is 26.5 Å². The van der Waals surface area contributed by atoms with E-state index in [4.69, 9.17) is 4.74 Å². The van der Waals surface area contributed by atoms with Gasteiger partial charge < -0.3 is 15.0 Å². The van der Waals surface area contributed by atoms with Crippen LogP contribution in [0.2, 0.25) is 0 Å². The highest BCUT2D eigenvalue weighted by molar-refractivity contribution is 7.89. The van der Waals surface area contributed by atoms with Crippen molar-refractivity contribution in [2.24, 2.45) is 0 Å². The normalized spacial score (nSPS) is 15.4. The summed E-state index contributed by atoms with van der Waals surface area (Å²) in [5.74, 6) is 0.541. The maximum absolute atomic E-state index is 13.0. The number of benzene rings is 1. The lowest BCUT2D eigenvalue weighted by molar-refractivity contribution is 0.0192. The average molecular weight is 446 g/mol. The fourth-order valence-corrected chi connectivity index (χ4v) is 4.37. The minimum Gasteiger partial charge on any atom is -0.444 e. The molecule has 31 heavy (non-hydrogen) atoms. The van der Waals surface area contributed by atoms with Gasteiger partial charge in [0.2, 0.25) is 10.0 Å². The van der Waals surface area contributed by atoms with Gasteiger partial charge in [-0.05, 0) is 51.1 Å². The Kier molecular flexibility index (Phi) is 6.61. The molecular weight excluding hydrogens is 418 g/mol. The number of sulfonamides is 1. The molecule has 1 aliphatic heterocycles. The van der Waals surface area contributed by atoms with Gasteiger partial charge in [-0.25, -0.2) is 18.2 Å². The molecule has 0 atom stereocenters. The molecule has 1 amide bonds. The molecule has 2 heterocycles. The number of anilines is 2.